The Kier molecular flexibility index (Phi) is 5.44. The third kappa shape index (κ3) is 3.66. The molecule has 1 unspecified atom stereocenters. The Labute approximate surface area is 133 Å². The molecule has 1 N–H and O–H groups in total. The van der Waals surface area contributed by atoms with Crippen LogP contribution in [0.5, 0.6) is 0 Å². The average Bonchev–Trinajstić information content (AvgIpc) is 2.45. The first-order chi connectivity index (χ1) is 10.0. The van der Waals surface area contributed by atoms with Gasteiger partial charge in [-0.15, -0.1) is 0 Å². The summed E-state index contributed by atoms with van der Waals surface area (Å²) in [6.07, 6.45) is 1.10. The van der Waals surface area contributed by atoms with Gasteiger partial charge in [-0.05, 0) is 67.6 Å². The number of rotatable bonds is 5. The maximum Gasteiger partial charge on any atom is 0.0594 e. The van der Waals surface area contributed by atoms with E-state index in [-0.39, 0.29) is 6.04 Å². The lowest BCUT2D eigenvalue weighted by Gasteiger charge is -2.23. The molecule has 2 aromatic rings. The fraction of sp³-hybridized carbons (Fsp3) is 0.368. The Bertz CT molecular complexity index is 619. The van der Waals surface area contributed by atoms with Gasteiger partial charge in [0.1, 0.15) is 0 Å². The van der Waals surface area contributed by atoms with Gasteiger partial charge in [0.05, 0.1) is 6.04 Å². The molecule has 0 radical (unpaired) electrons. The van der Waals surface area contributed by atoms with E-state index in [9.17, 15) is 0 Å². The van der Waals surface area contributed by atoms with Gasteiger partial charge in [0.25, 0.3) is 0 Å². The van der Waals surface area contributed by atoms with Crippen molar-refractivity contribution in [1.29, 1.82) is 0 Å². The van der Waals surface area contributed by atoms with Gasteiger partial charge in [-0.25, -0.2) is 0 Å². The molecular weight excluding hydrogens is 278 g/mol. The molecule has 0 aliphatic heterocycles. The van der Waals surface area contributed by atoms with E-state index in [0.717, 1.165) is 23.6 Å². The number of hydrogen-bond donors (Lipinski definition) is 1. The minimum Gasteiger partial charge on any atom is -0.306 e. The first kappa shape index (κ1) is 16.1. The number of benzene rings is 2. The third-order valence-electron chi connectivity index (χ3n) is 4.02. The highest BCUT2D eigenvalue weighted by Crippen LogP contribution is 2.31. The maximum atomic E-state index is 6.51. The summed E-state index contributed by atoms with van der Waals surface area (Å²) in [4.78, 5) is 0. The van der Waals surface area contributed by atoms with Crippen LogP contribution in [0.15, 0.2) is 36.4 Å². The minimum atomic E-state index is 0.151. The molecule has 0 fully saturated rings. The quantitative estimate of drug-likeness (QED) is 0.784. The van der Waals surface area contributed by atoms with Crippen LogP contribution in [-0.4, -0.2) is 6.54 Å². The molecule has 0 bridgehead atoms. The highest BCUT2D eigenvalue weighted by atomic mass is 35.5. The summed E-state index contributed by atoms with van der Waals surface area (Å²) in [5.41, 5.74) is 6.32. The fourth-order valence-corrected chi connectivity index (χ4v) is 2.97. The Balaban J connectivity index is 2.49. The van der Waals surface area contributed by atoms with Crippen molar-refractivity contribution in [3.63, 3.8) is 0 Å². The van der Waals surface area contributed by atoms with Crippen molar-refractivity contribution in [2.24, 2.45) is 0 Å². The summed E-state index contributed by atoms with van der Waals surface area (Å²) >= 11 is 6.51. The van der Waals surface area contributed by atoms with E-state index < -0.39 is 0 Å². The van der Waals surface area contributed by atoms with E-state index >= 15 is 0 Å². The van der Waals surface area contributed by atoms with Crippen molar-refractivity contribution in [3.05, 3.63) is 69.2 Å². The smallest absolute Gasteiger partial charge is 0.0594 e. The largest absolute Gasteiger partial charge is 0.306 e. The van der Waals surface area contributed by atoms with Crippen LogP contribution >= 0.6 is 11.6 Å². The Morgan fingerprint density at radius 1 is 1.05 bits per heavy atom. The molecule has 2 heteroatoms. The van der Waals surface area contributed by atoms with Crippen molar-refractivity contribution >= 4 is 11.6 Å². The van der Waals surface area contributed by atoms with E-state index in [2.05, 4.69) is 63.3 Å². The molecule has 1 atom stereocenters. The SMILES string of the molecule is CCCNC(c1ccc(C)cc1Cl)c1cccc(C)c1C. The molecule has 0 heterocycles. The lowest BCUT2D eigenvalue weighted by atomic mass is 9.92. The van der Waals surface area contributed by atoms with E-state index in [1.54, 1.807) is 0 Å². The minimum absolute atomic E-state index is 0.151. The maximum absolute atomic E-state index is 6.51. The number of aryl methyl sites for hydroxylation is 2. The predicted molar refractivity (Wildman–Crippen MR) is 92.2 cm³/mol. The summed E-state index contributed by atoms with van der Waals surface area (Å²) in [6.45, 7) is 9.58. The number of nitrogens with one attached hydrogen (secondary N) is 1. The summed E-state index contributed by atoms with van der Waals surface area (Å²) in [6, 6.07) is 13.0. The third-order valence-corrected chi connectivity index (χ3v) is 4.35. The second-order valence-electron chi connectivity index (χ2n) is 5.70. The van der Waals surface area contributed by atoms with Crippen LogP contribution in [-0.2, 0) is 0 Å². The zero-order valence-corrected chi connectivity index (χ0v) is 14.1. The van der Waals surface area contributed by atoms with Crippen molar-refractivity contribution in [1.82, 2.24) is 5.32 Å². The molecule has 0 saturated heterocycles. The Hall–Kier alpha value is -1.31. The van der Waals surface area contributed by atoms with Gasteiger partial charge in [0, 0.05) is 5.02 Å². The van der Waals surface area contributed by atoms with Gasteiger partial charge in [-0.1, -0.05) is 48.9 Å². The van der Waals surface area contributed by atoms with Crippen LogP contribution in [0.4, 0.5) is 0 Å². The molecular formula is C19H24ClN. The van der Waals surface area contributed by atoms with Gasteiger partial charge in [-0.3, -0.25) is 0 Å². The first-order valence-electron chi connectivity index (χ1n) is 7.60. The fourth-order valence-electron chi connectivity index (χ4n) is 2.63. The highest BCUT2D eigenvalue weighted by molar-refractivity contribution is 6.31. The van der Waals surface area contributed by atoms with Crippen LogP contribution in [0.2, 0.25) is 5.02 Å². The monoisotopic (exact) mass is 301 g/mol. The molecule has 21 heavy (non-hydrogen) atoms. The van der Waals surface area contributed by atoms with Crippen molar-refractivity contribution < 1.29 is 0 Å². The van der Waals surface area contributed by atoms with Gasteiger partial charge in [0.15, 0.2) is 0 Å². The molecule has 0 aliphatic carbocycles. The molecule has 0 amide bonds. The highest BCUT2D eigenvalue weighted by Gasteiger charge is 2.18. The number of halogens is 1. The molecule has 0 aliphatic rings. The summed E-state index contributed by atoms with van der Waals surface area (Å²) in [5, 5.41) is 4.48. The van der Waals surface area contributed by atoms with Crippen LogP contribution in [0.3, 0.4) is 0 Å². The molecule has 0 aromatic heterocycles. The first-order valence-corrected chi connectivity index (χ1v) is 7.98. The van der Waals surface area contributed by atoms with Crippen molar-refractivity contribution in [2.45, 2.75) is 40.2 Å². The van der Waals surface area contributed by atoms with Crippen LogP contribution < -0.4 is 5.32 Å². The van der Waals surface area contributed by atoms with E-state index in [4.69, 9.17) is 11.6 Å². The van der Waals surface area contributed by atoms with E-state index in [1.807, 2.05) is 6.07 Å². The molecule has 2 aromatic carbocycles. The zero-order chi connectivity index (χ0) is 15.4. The molecule has 1 nitrogen and oxygen atoms in total. The lowest BCUT2D eigenvalue weighted by molar-refractivity contribution is 0.596. The second-order valence-corrected chi connectivity index (χ2v) is 6.11. The second kappa shape index (κ2) is 7.11. The standard InChI is InChI=1S/C19H24ClN/c1-5-11-21-19(16-8-6-7-14(3)15(16)4)17-10-9-13(2)12-18(17)20/h6-10,12,19,21H,5,11H2,1-4H3. The lowest BCUT2D eigenvalue weighted by Crippen LogP contribution is -2.24. The molecule has 0 spiro atoms. The zero-order valence-electron chi connectivity index (χ0n) is 13.3. The van der Waals surface area contributed by atoms with Crippen LogP contribution in [0.1, 0.15) is 47.2 Å². The summed E-state index contributed by atoms with van der Waals surface area (Å²) in [5.74, 6) is 0. The molecule has 2 rings (SSSR count). The Morgan fingerprint density at radius 3 is 2.48 bits per heavy atom. The van der Waals surface area contributed by atoms with Gasteiger partial charge >= 0.3 is 0 Å². The van der Waals surface area contributed by atoms with Gasteiger partial charge in [-0.2, -0.15) is 0 Å². The predicted octanol–water partition coefficient (Wildman–Crippen LogP) is 5.35. The van der Waals surface area contributed by atoms with E-state index in [0.29, 0.717) is 0 Å². The van der Waals surface area contributed by atoms with Crippen molar-refractivity contribution in [3.8, 4) is 0 Å². The Morgan fingerprint density at radius 2 is 1.81 bits per heavy atom. The van der Waals surface area contributed by atoms with Gasteiger partial charge in [0.2, 0.25) is 0 Å². The normalized spacial score (nSPS) is 12.4. The van der Waals surface area contributed by atoms with Gasteiger partial charge < -0.3 is 5.32 Å². The molecule has 0 saturated carbocycles. The van der Waals surface area contributed by atoms with Crippen LogP contribution in [0, 0.1) is 20.8 Å². The van der Waals surface area contributed by atoms with Crippen molar-refractivity contribution in [2.75, 3.05) is 6.54 Å². The molecule has 112 valence electrons. The summed E-state index contributed by atoms with van der Waals surface area (Å²) < 4.78 is 0. The average molecular weight is 302 g/mol. The van der Waals surface area contributed by atoms with E-state index in [1.165, 1.54) is 22.3 Å². The van der Waals surface area contributed by atoms with Crippen LogP contribution in [0.25, 0.3) is 0 Å². The number of hydrogen-bond acceptors (Lipinski definition) is 1. The summed E-state index contributed by atoms with van der Waals surface area (Å²) in [7, 11) is 0. The topological polar surface area (TPSA) is 12.0 Å².